The molecule has 1 amide bonds. The first kappa shape index (κ1) is 15.8. The maximum atomic E-state index is 12.3. The Morgan fingerprint density at radius 1 is 1.50 bits per heavy atom. The van der Waals surface area contributed by atoms with Crippen LogP contribution in [0.15, 0.2) is 12.1 Å². The largest absolute Gasteiger partial charge is 0.359 e. The number of carbonyl (C=O) groups is 1. The van der Waals surface area contributed by atoms with E-state index in [9.17, 15) is 14.9 Å². The number of nitro benzene ring substituents is 1. The standard InChI is InChI=1S/C15H18N4O3/c1-10-13(7-11(9-16)8-14(10)19(21)22)18-6-4-5-12(18)15(20)17(2)3/h7-8,12H,4-6H2,1-3H3/t12-/m0/s1. The molecule has 7 heteroatoms. The molecule has 1 atom stereocenters. The Bertz CT molecular complexity index is 663. The molecule has 116 valence electrons. The Morgan fingerprint density at radius 2 is 2.18 bits per heavy atom. The first-order valence-corrected chi connectivity index (χ1v) is 7.03. The first-order chi connectivity index (χ1) is 10.4. The summed E-state index contributed by atoms with van der Waals surface area (Å²) in [5.74, 6) is -0.0260. The minimum absolute atomic E-state index is 0.0260. The molecule has 2 rings (SSSR count). The molecule has 1 heterocycles. The van der Waals surface area contributed by atoms with Crippen molar-refractivity contribution < 1.29 is 9.72 Å². The number of likely N-dealkylation sites (N-methyl/N-ethyl adjacent to an activating group) is 1. The molecule has 22 heavy (non-hydrogen) atoms. The van der Waals surface area contributed by atoms with Crippen LogP contribution in [0, 0.1) is 28.4 Å². The highest BCUT2D eigenvalue weighted by molar-refractivity contribution is 5.86. The number of carbonyl (C=O) groups excluding carboxylic acids is 1. The number of hydrogen-bond acceptors (Lipinski definition) is 5. The predicted molar refractivity (Wildman–Crippen MR) is 81.6 cm³/mol. The number of rotatable bonds is 3. The normalized spacial score (nSPS) is 17.2. The Kier molecular flexibility index (Phi) is 4.31. The first-order valence-electron chi connectivity index (χ1n) is 7.03. The van der Waals surface area contributed by atoms with Gasteiger partial charge in [0.2, 0.25) is 5.91 Å². The van der Waals surface area contributed by atoms with Crippen LogP contribution >= 0.6 is 0 Å². The van der Waals surface area contributed by atoms with Gasteiger partial charge in [-0.15, -0.1) is 0 Å². The quantitative estimate of drug-likeness (QED) is 0.627. The van der Waals surface area contributed by atoms with E-state index in [0.717, 1.165) is 6.42 Å². The topological polar surface area (TPSA) is 90.5 Å². The van der Waals surface area contributed by atoms with Crippen molar-refractivity contribution in [3.63, 3.8) is 0 Å². The van der Waals surface area contributed by atoms with Crippen LogP contribution in [-0.2, 0) is 4.79 Å². The average molecular weight is 302 g/mol. The third-order valence-electron chi connectivity index (χ3n) is 3.97. The average Bonchev–Trinajstić information content (AvgIpc) is 2.95. The smallest absolute Gasteiger partial charge is 0.275 e. The molecule has 1 fully saturated rings. The van der Waals surface area contributed by atoms with E-state index in [1.807, 2.05) is 11.0 Å². The molecule has 0 aliphatic carbocycles. The van der Waals surface area contributed by atoms with Crippen molar-refractivity contribution in [2.45, 2.75) is 25.8 Å². The fourth-order valence-corrected chi connectivity index (χ4v) is 2.85. The van der Waals surface area contributed by atoms with Crippen LogP contribution in [0.3, 0.4) is 0 Å². The number of hydrogen-bond donors (Lipinski definition) is 0. The van der Waals surface area contributed by atoms with Crippen molar-refractivity contribution in [1.29, 1.82) is 5.26 Å². The van der Waals surface area contributed by atoms with Gasteiger partial charge in [-0.05, 0) is 25.8 Å². The van der Waals surface area contributed by atoms with Gasteiger partial charge >= 0.3 is 0 Å². The van der Waals surface area contributed by atoms with Crippen LogP contribution in [0.25, 0.3) is 0 Å². The van der Waals surface area contributed by atoms with E-state index in [2.05, 4.69) is 0 Å². The summed E-state index contributed by atoms with van der Waals surface area (Å²) in [5, 5.41) is 20.3. The summed E-state index contributed by atoms with van der Waals surface area (Å²) in [7, 11) is 3.39. The highest BCUT2D eigenvalue weighted by Gasteiger charge is 2.34. The molecule has 0 bridgehead atoms. The monoisotopic (exact) mass is 302 g/mol. The van der Waals surface area contributed by atoms with Gasteiger partial charge in [0.15, 0.2) is 0 Å². The Labute approximate surface area is 128 Å². The van der Waals surface area contributed by atoms with Crippen molar-refractivity contribution >= 4 is 17.3 Å². The lowest BCUT2D eigenvalue weighted by molar-refractivity contribution is -0.385. The minimum Gasteiger partial charge on any atom is -0.359 e. The van der Waals surface area contributed by atoms with Gasteiger partial charge in [-0.1, -0.05) is 0 Å². The van der Waals surface area contributed by atoms with Crippen molar-refractivity contribution in [1.82, 2.24) is 4.90 Å². The minimum atomic E-state index is -0.488. The second-order valence-corrected chi connectivity index (χ2v) is 5.59. The molecule has 7 nitrogen and oxygen atoms in total. The van der Waals surface area contributed by atoms with Crippen LogP contribution in [-0.4, -0.2) is 42.4 Å². The molecule has 0 N–H and O–H groups in total. The molecule has 0 spiro atoms. The summed E-state index contributed by atoms with van der Waals surface area (Å²) in [6.07, 6.45) is 1.55. The molecule has 0 saturated carbocycles. The molecule has 1 aliphatic heterocycles. The van der Waals surface area contributed by atoms with Gasteiger partial charge < -0.3 is 9.80 Å². The van der Waals surface area contributed by atoms with Crippen molar-refractivity contribution in [3.05, 3.63) is 33.4 Å². The summed E-state index contributed by atoms with van der Waals surface area (Å²) in [4.78, 5) is 26.4. The number of amides is 1. The zero-order valence-electron chi connectivity index (χ0n) is 12.9. The van der Waals surface area contributed by atoms with Crippen LogP contribution in [0.4, 0.5) is 11.4 Å². The van der Waals surface area contributed by atoms with Crippen LogP contribution in [0.5, 0.6) is 0 Å². The lowest BCUT2D eigenvalue weighted by Gasteiger charge is -2.29. The Balaban J connectivity index is 2.51. The molecule has 1 saturated heterocycles. The number of nitriles is 1. The summed E-state index contributed by atoms with van der Waals surface area (Å²) in [6, 6.07) is 4.53. The van der Waals surface area contributed by atoms with E-state index >= 15 is 0 Å². The van der Waals surface area contributed by atoms with Crippen molar-refractivity contribution in [2.24, 2.45) is 0 Å². The fraction of sp³-hybridized carbons (Fsp3) is 0.467. The maximum Gasteiger partial charge on any atom is 0.275 e. The molecule has 1 aromatic carbocycles. The van der Waals surface area contributed by atoms with Gasteiger partial charge in [-0.3, -0.25) is 14.9 Å². The molecular weight excluding hydrogens is 284 g/mol. The molecule has 0 radical (unpaired) electrons. The zero-order valence-corrected chi connectivity index (χ0v) is 12.9. The van der Waals surface area contributed by atoms with E-state index in [4.69, 9.17) is 5.26 Å². The predicted octanol–water partition coefficient (Wildman–Crippen LogP) is 1.83. The van der Waals surface area contributed by atoms with E-state index < -0.39 is 4.92 Å². The number of nitrogens with zero attached hydrogens (tertiary/aromatic N) is 4. The number of nitro groups is 1. The third kappa shape index (κ3) is 2.72. The lowest BCUT2D eigenvalue weighted by atomic mass is 10.1. The summed E-state index contributed by atoms with van der Waals surface area (Å²) < 4.78 is 0. The molecule has 1 aliphatic rings. The summed E-state index contributed by atoms with van der Waals surface area (Å²) in [6.45, 7) is 2.31. The molecular formula is C15H18N4O3. The second-order valence-electron chi connectivity index (χ2n) is 5.59. The van der Waals surface area contributed by atoms with Crippen molar-refractivity contribution in [3.8, 4) is 6.07 Å². The van der Waals surface area contributed by atoms with Crippen LogP contribution in [0.1, 0.15) is 24.0 Å². The zero-order chi connectivity index (χ0) is 16.4. The highest BCUT2D eigenvalue weighted by atomic mass is 16.6. The number of benzene rings is 1. The number of anilines is 1. The van der Waals surface area contributed by atoms with Crippen LogP contribution in [0.2, 0.25) is 0 Å². The Hall–Kier alpha value is -2.62. The third-order valence-corrected chi connectivity index (χ3v) is 3.97. The summed E-state index contributed by atoms with van der Waals surface area (Å²) >= 11 is 0. The maximum absolute atomic E-state index is 12.3. The fourth-order valence-electron chi connectivity index (χ4n) is 2.85. The van der Waals surface area contributed by atoms with Gasteiger partial charge in [0.1, 0.15) is 6.04 Å². The van der Waals surface area contributed by atoms with E-state index in [-0.39, 0.29) is 23.2 Å². The lowest BCUT2D eigenvalue weighted by Crippen LogP contribution is -2.43. The van der Waals surface area contributed by atoms with Gasteiger partial charge in [0.25, 0.3) is 5.69 Å². The highest BCUT2D eigenvalue weighted by Crippen LogP contribution is 2.34. The van der Waals surface area contributed by atoms with Gasteiger partial charge in [0, 0.05) is 32.4 Å². The van der Waals surface area contributed by atoms with Gasteiger partial charge in [0.05, 0.1) is 22.1 Å². The van der Waals surface area contributed by atoms with Gasteiger partial charge in [-0.25, -0.2) is 0 Å². The Morgan fingerprint density at radius 3 is 2.73 bits per heavy atom. The van der Waals surface area contributed by atoms with Crippen molar-refractivity contribution in [2.75, 3.05) is 25.5 Å². The van der Waals surface area contributed by atoms with Gasteiger partial charge in [-0.2, -0.15) is 5.26 Å². The van der Waals surface area contributed by atoms with Crippen LogP contribution < -0.4 is 4.90 Å². The van der Waals surface area contributed by atoms with E-state index in [0.29, 0.717) is 24.2 Å². The molecule has 0 aromatic heterocycles. The summed E-state index contributed by atoms with van der Waals surface area (Å²) in [5.41, 5.74) is 1.23. The van der Waals surface area contributed by atoms with E-state index in [1.165, 1.54) is 11.0 Å². The molecule has 0 unspecified atom stereocenters. The van der Waals surface area contributed by atoms with E-state index in [1.54, 1.807) is 27.1 Å². The SMILES string of the molecule is Cc1c(N2CCC[C@H]2C(=O)N(C)C)cc(C#N)cc1[N+](=O)[O-]. The second kappa shape index (κ2) is 6.02. The molecule has 1 aromatic rings.